The van der Waals surface area contributed by atoms with Crippen LogP contribution in [0.15, 0.2) is 24.5 Å². The van der Waals surface area contributed by atoms with Crippen LogP contribution in [0, 0.1) is 18.8 Å². The number of aromatic nitrogens is 4. The zero-order valence-electron chi connectivity index (χ0n) is 17.2. The second kappa shape index (κ2) is 8.71. The molecule has 0 bridgehead atoms. The first-order valence-corrected chi connectivity index (χ1v) is 10.5. The van der Waals surface area contributed by atoms with Crippen LogP contribution in [0.4, 0.5) is 17.5 Å². The van der Waals surface area contributed by atoms with E-state index in [0.717, 1.165) is 55.7 Å². The molecule has 1 N–H and O–H groups in total. The summed E-state index contributed by atoms with van der Waals surface area (Å²) >= 11 is 0. The summed E-state index contributed by atoms with van der Waals surface area (Å²) in [6.07, 6.45) is 5.70. The summed E-state index contributed by atoms with van der Waals surface area (Å²) in [7, 11) is 0. The fourth-order valence-electron chi connectivity index (χ4n) is 4.01. The van der Waals surface area contributed by atoms with Gasteiger partial charge in [0.2, 0.25) is 5.91 Å². The molecule has 8 heteroatoms. The maximum atomic E-state index is 12.9. The minimum atomic E-state index is -0.0962. The van der Waals surface area contributed by atoms with Gasteiger partial charge in [-0.2, -0.15) is 5.10 Å². The molecule has 0 spiro atoms. The Morgan fingerprint density at radius 3 is 2.62 bits per heavy atom. The molecule has 2 aromatic rings. The van der Waals surface area contributed by atoms with Crippen LogP contribution in [0.2, 0.25) is 0 Å². The molecule has 154 valence electrons. The van der Waals surface area contributed by atoms with Crippen molar-refractivity contribution in [3.05, 3.63) is 30.2 Å². The number of hydrogen-bond acceptors (Lipinski definition) is 7. The Balaban J connectivity index is 1.38. The maximum Gasteiger partial charge on any atom is 0.230 e. The van der Waals surface area contributed by atoms with Gasteiger partial charge in [0.1, 0.15) is 18.0 Å². The average Bonchev–Trinajstić information content (AvgIpc) is 2.75. The molecule has 0 saturated carbocycles. The Bertz CT molecular complexity index is 833. The van der Waals surface area contributed by atoms with Crippen LogP contribution in [-0.2, 0) is 4.79 Å². The van der Waals surface area contributed by atoms with E-state index in [1.54, 1.807) is 0 Å². The Hall–Kier alpha value is -2.77. The molecule has 29 heavy (non-hydrogen) atoms. The molecule has 8 nitrogen and oxygen atoms in total. The van der Waals surface area contributed by atoms with Gasteiger partial charge < -0.3 is 15.1 Å². The van der Waals surface area contributed by atoms with E-state index in [4.69, 9.17) is 0 Å². The molecule has 1 amide bonds. The first-order chi connectivity index (χ1) is 14.1. The largest absolute Gasteiger partial charge is 0.356 e. The third kappa shape index (κ3) is 4.81. The average molecular weight is 396 g/mol. The van der Waals surface area contributed by atoms with Gasteiger partial charge in [-0.05, 0) is 50.7 Å². The molecular formula is C21H29N7O. The van der Waals surface area contributed by atoms with Crippen molar-refractivity contribution in [2.75, 3.05) is 41.3 Å². The van der Waals surface area contributed by atoms with Gasteiger partial charge in [-0.1, -0.05) is 6.92 Å². The number of piperidine rings is 2. The molecule has 2 aromatic heterocycles. The highest BCUT2D eigenvalue weighted by Gasteiger charge is 2.27. The molecule has 0 radical (unpaired) electrons. The molecule has 1 atom stereocenters. The number of anilines is 3. The molecule has 2 aliphatic rings. The van der Waals surface area contributed by atoms with Crippen molar-refractivity contribution < 1.29 is 4.79 Å². The van der Waals surface area contributed by atoms with Crippen molar-refractivity contribution in [3.8, 4) is 0 Å². The van der Waals surface area contributed by atoms with Crippen molar-refractivity contribution >= 4 is 23.4 Å². The van der Waals surface area contributed by atoms with Gasteiger partial charge in [0.25, 0.3) is 0 Å². The predicted molar refractivity (Wildman–Crippen MR) is 113 cm³/mol. The van der Waals surface area contributed by atoms with Crippen LogP contribution < -0.4 is 15.1 Å². The number of nitrogens with zero attached hydrogens (tertiary/aromatic N) is 6. The van der Waals surface area contributed by atoms with Gasteiger partial charge in [-0.15, -0.1) is 5.10 Å². The summed E-state index contributed by atoms with van der Waals surface area (Å²) in [5.41, 5.74) is 0.891. The number of nitrogens with one attached hydrogen (secondary N) is 1. The molecular weight excluding hydrogens is 366 g/mol. The lowest BCUT2D eigenvalue weighted by molar-refractivity contribution is -0.120. The smallest absolute Gasteiger partial charge is 0.230 e. The first-order valence-electron chi connectivity index (χ1n) is 10.5. The Morgan fingerprint density at radius 1 is 1.03 bits per heavy atom. The molecule has 1 unspecified atom stereocenters. The molecule has 4 heterocycles. The SMILES string of the molecule is Cc1ccc(N2CCCC(C(=O)Nc3cc(N4CCC(C)CC4)ncn3)C2)nn1. The van der Waals surface area contributed by atoms with Gasteiger partial charge in [-0.3, -0.25) is 4.79 Å². The van der Waals surface area contributed by atoms with Crippen molar-refractivity contribution in [3.63, 3.8) is 0 Å². The highest BCUT2D eigenvalue weighted by atomic mass is 16.2. The Labute approximate surface area is 171 Å². The number of carbonyl (C=O) groups excluding carboxylic acids is 1. The van der Waals surface area contributed by atoms with Crippen LogP contribution in [0.25, 0.3) is 0 Å². The van der Waals surface area contributed by atoms with E-state index < -0.39 is 0 Å². The van der Waals surface area contributed by atoms with Crippen molar-refractivity contribution in [1.29, 1.82) is 0 Å². The van der Waals surface area contributed by atoms with Crippen LogP contribution in [-0.4, -0.2) is 52.3 Å². The van der Waals surface area contributed by atoms with Gasteiger partial charge in [0, 0.05) is 32.2 Å². The van der Waals surface area contributed by atoms with E-state index in [2.05, 4.69) is 42.2 Å². The zero-order chi connectivity index (χ0) is 20.2. The number of amides is 1. The lowest BCUT2D eigenvalue weighted by Gasteiger charge is -2.32. The van der Waals surface area contributed by atoms with Gasteiger partial charge in [0.05, 0.1) is 11.6 Å². The second-order valence-corrected chi connectivity index (χ2v) is 8.24. The highest BCUT2D eigenvalue weighted by Crippen LogP contribution is 2.24. The predicted octanol–water partition coefficient (Wildman–Crippen LogP) is 2.67. The van der Waals surface area contributed by atoms with Gasteiger partial charge in [-0.25, -0.2) is 9.97 Å². The van der Waals surface area contributed by atoms with Gasteiger partial charge in [0.15, 0.2) is 5.82 Å². The molecule has 0 aromatic carbocycles. The summed E-state index contributed by atoms with van der Waals surface area (Å²) in [6, 6.07) is 5.81. The molecule has 0 aliphatic carbocycles. The summed E-state index contributed by atoms with van der Waals surface area (Å²) in [6.45, 7) is 7.75. The third-order valence-corrected chi connectivity index (χ3v) is 5.91. The molecule has 2 saturated heterocycles. The van der Waals surface area contributed by atoms with E-state index in [0.29, 0.717) is 12.4 Å². The number of carbonyl (C=O) groups is 1. The Morgan fingerprint density at radius 2 is 1.86 bits per heavy atom. The summed E-state index contributed by atoms with van der Waals surface area (Å²) in [5, 5.41) is 11.4. The zero-order valence-corrected chi connectivity index (χ0v) is 17.2. The van der Waals surface area contributed by atoms with E-state index in [1.807, 2.05) is 25.1 Å². The lowest BCUT2D eigenvalue weighted by atomic mass is 9.97. The summed E-state index contributed by atoms with van der Waals surface area (Å²) < 4.78 is 0. The maximum absolute atomic E-state index is 12.9. The highest BCUT2D eigenvalue weighted by molar-refractivity contribution is 5.92. The second-order valence-electron chi connectivity index (χ2n) is 8.24. The van der Waals surface area contributed by atoms with Crippen LogP contribution in [0.5, 0.6) is 0 Å². The lowest BCUT2D eigenvalue weighted by Crippen LogP contribution is -2.41. The quantitative estimate of drug-likeness (QED) is 0.851. The van der Waals surface area contributed by atoms with Crippen molar-refractivity contribution in [2.24, 2.45) is 11.8 Å². The minimum absolute atomic E-state index is 0.00619. The number of aryl methyl sites for hydroxylation is 1. The summed E-state index contributed by atoms with van der Waals surface area (Å²) in [4.78, 5) is 26.0. The fraction of sp³-hybridized carbons (Fsp3) is 0.571. The van der Waals surface area contributed by atoms with E-state index in [-0.39, 0.29) is 11.8 Å². The first kappa shape index (κ1) is 19.5. The third-order valence-electron chi connectivity index (χ3n) is 5.91. The van der Waals surface area contributed by atoms with Crippen LogP contribution >= 0.6 is 0 Å². The Kier molecular flexibility index (Phi) is 5.87. The standard InChI is InChI=1S/C21H29N7O/c1-15-7-10-27(11-8-15)20-12-18(22-14-23-20)24-21(29)17-4-3-9-28(13-17)19-6-5-16(2)25-26-19/h5-6,12,14-15,17H,3-4,7-11,13H2,1-2H3,(H,22,23,24,29). The topological polar surface area (TPSA) is 87.1 Å². The van der Waals surface area contributed by atoms with E-state index in [1.165, 1.54) is 19.2 Å². The minimum Gasteiger partial charge on any atom is -0.356 e. The molecule has 2 fully saturated rings. The van der Waals surface area contributed by atoms with E-state index >= 15 is 0 Å². The fourth-order valence-corrected chi connectivity index (χ4v) is 4.01. The molecule has 4 rings (SSSR count). The monoisotopic (exact) mass is 395 g/mol. The van der Waals surface area contributed by atoms with Crippen LogP contribution in [0.1, 0.15) is 38.3 Å². The van der Waals surface area contributed by atoms with Crippen molar-refractivity contribution in [2.45, 2.75) is 39.5 Å². The molecule has 2 aliphatic heterocycles. The van der Waals surface area contributed by atoms with Crippen LogP contribution in [0.3, 0.4) is 0 Å². The van der Waals surface area contributed by atoms with Crippen molar-refractivity contribution in [1.82, 2.24) is 20.2 Å². The van der Waals surface area contributed by atoms with E-state index in [9.17, 15) is 4.79 Å². The normalized spacial score (nSPS) is 20.6. The number of rotatable bonds is 4. The summed E-state index contributed by atoms with van der Waals surface area (Å²) in [5.74, 6) is 2.97. The van der Waals surface area contributed by atoms with Gasteiger partial charge >= 0.3 is 0 Å². The number of hydrogen-bond donors (Lipinski definition) is 1.